The topological polar surface area (TPSA) is 9.86 Å². The van der Waals surface area contributed by atoms with Crippen molar-refractivity contribution in [3.05, 3.63) is 242 Å². The first-order valence-electron chi connectivity index (χ1n) is 22.7. The minimum atomic E-state index is -0.0789. The normalized spacial score (nSPS) is 12.9. The van der Waals surface area contributed by atoms with Gasteiger partial charge in [0.25, 0.3) is 0 Å². The van der Waals surface area contributed by atoms with Crippen LogP contribution in [0.5, 0.6) is 0 Å². The first-order chi connectivity index (χ1) is 32.0. The molecule has 1 aliphatic rings. The molecule has 1 aliphatic carbocycles. The molecule has 65 heavy (non-hydrogen) atoms. The van der Waals surface area contributed by atoms with Gasteiger partial charge in [-0.3, -0.25) is 0 Å². The second-order valence-corrected chi connectivity index (χ2v) is 18.2. The Kier molecular flexibility index (Phi) is 8.29. The molecule has 0 fully saturated rings. The number of para-hydroxylation sites is 2. The smallest absolute Gasteiger partial charge is 0.0547 e. The van der Waals surface area contributed by atoms with Gasteiger partial charge in [-0.2, -0.15) is 0 Å². The van der Waals surface area contributed by atoms with Gasteiger partial charge in [0.2, 0.25) is 0 Å². The number of hydrogen-bond donors (Lipinski definition) is 0. The van der Waals surface area contributed by atoms with E-state index in [0.717, 1.165) is 11.4 Å². The fourth-order valence-electron chi connectivity index (χ4n) is 10.9. The van der Waals surface area contributed by atoms with Crippen molar-refractivity contribution >= 4 is 43.6 Å². The van der Waals surface area contributed by atoms with Gasteiger partial charge in [0, 0.05) is 38.3 Å². The Bertz CT molecular complexity index is 3770. The highest BCUT2D eigenvalue weighted by atomic mass is 15.0. The summed E-state index contributed by atoms with van der Waals surface area (Å²) in [5.41, 5.74) is 22.1. The maximum atomic E-state index is 2.48. The highest BCUT2D eigenvalue weighted by molar-refractivity contribution is 6.13. The molecule has 0 spiro atoms. The molecule has 10 aromatic carbocycles. The van der Waals surface area contributed by atoms with E-state index in [1.165, 1.54) is 110 Å². The Morgan fingerprint density at radius 1 is 0.262 bits per heavy atom. The number of benzene rings is 10. The van der Waals surface area contributed by atoms with Crippen molar-refractivity contribution in [2.75, 3.05) is 0 Å². The molecule has 2 nitrogen and oxygen atoms in total. The average molecular weight is 829 g/mol. The van der Waals surface area contributed by atoms with Crippen LogP contribution in [0.25, 0.3) is 111 Å². The zero-order chi connectivity index (χ0) is 43.2. The number of rotatable bonds is 6. The second kappa shape index (κ2) is 14.4. The minimum absolute atomic E-state index is 0.0789. The summed E-state index contributed by atoms with van der Waals surface area (Å²) < 4.78 is 4.89. The molecular weight excluding hydrogens is 785 g/mol. The zero-order valence-electron chi connectivity index (χ0n) is 36.3. The van der Waals surface area contributed by atoms with Gasteiger partial charge in [0.1, 0.15) is 0 Å². The van der Waals surface area contributed by atoms with Crippen LogP contribution in [0.3, 0.4) is 0 Å². The molecule has 0 aliphatic heterocycles. The highest BCUT2D eigenvalue weighted by Gasteiger charge is 2.35. The molecule has 12 aromatic rings. The summed E-state index contributed by atoms with van der Waals surface area (Å²) in [7, 11) is 0. The van der Waals surface area contributed by atoms with E-state index in [-0.39, 0.29) is 5.41 Å². The third-order valence-corrected chi connectivity index (χ3v) is 14.1. The molecule has 0 bridgehead atoms. The van der Waals surface area contributed by atoms with Crippen LogP contribution >= 0.6 is 0 Å². The van der Waals surface area contributed by atoms with Gasteiger partial charge in [-0.15, -0.1) is 0 Å². The monoisotopic (exact) mass is 828 g/mol. The van der Waals surface area contributed by atoms with Gasteiger partial charge < -0.3 is 9.13 Å². The van der Waals surface area contributed by atoms with E-state index in [1.807, 2.05) is 0 Å². The molecule has 2 heteroatoms. The van der Waals surface area contributed by atoms with Crippen molar-refractivity contribution in [2.45, 2.75) is 19.3 Å². The standard InChI is InChI=1S/C63H44N2/c1-63(2)57-24-14-12-22-51(57)52-30-26-45(39-58(52)63)43-28-32-60-55(37-43)56-38-44(46-27-31-54-53-23-13-15-25-59(53)64(62(54)40-46)49-20-10-5-11-21-49)29-33-61(56)65(60)50-35-47(41-16-6-3-7-17-41)34-48(36-50)42-18-8-4-9-19-42/h3-40H,1-2H3. The number of hydrogen-bond acceptors (Lipinski definition) is 0. The van der Waals surface area contributed by atoms with E-state index < -0.39 is 0 Å². The number of fused-ring (bicyclic) bond motifs is 9. The Morgan fingerprint density at radius 2 is 0.738 bits per heavy atom. The van der Waals surface area contributed by atoms with Crippen molar-refractivity contribution in [3.63, 3.8) is 0 Å². The molecule has 0 N–H and O–H groups in total. The summed E-state index contributed by atoms with van der Waals surface area (Å²) in [6.45, 7) is 4.73. The molecule has 0 atom stereocenters. The lowest BCUT2D eigenvalue weighted by atomic mass is 9.81. The predicted molar refractivity (Wildman–Crippen MR) is 274 cm³/mol. The third-order valence-electron chi connectivity index (χ3n) is 14.1. The fraction of sp³-hybridized carbons (Fsp3) is 0.0476. The van der Waals surface area contributed by atoms with Gasteiger partial charge in [-0.05, 0) is 140 Å². The average Bonchev–Trinajstić information content (AvgIpc) is 3.96. The van der Waals surface area contributed by atoms with Crippen LogP contribution in [0.1, 0.15) is 25.0 Å². The van der Waals surface area contributed by atoms with E-state index >= 15 is 0 Å². The van der Waals surface area contributed by atoms with Gasteiger partial charge in [-0.25, -0.2) is 0 Å². The maximum Gasteiger partial charge on any atom is 0.0547 e. The summed E-state index contributed by atoms with van der Waals surface area (Å²) in [5.74, 6) is 0. The third kappa shape index (κ3) is 5.88. The maximum absolute atomic E-state index is 2.48. The number of nitrogens with zero attached hydrogens (tertiary/aromatic N) is 2. The first kappa shape index (κ1) is 37.4. The lowest BCUT2D eigenvalue weighted by Crippen LogP contribution is -2.14. The van der Waals surface area contributed by atoms with Crippen molar-refractivity contribution in [3.8, 4) is 67.0 Å². The van der Waals surface area contributed by atoms with E-state index in [0.29, 0.717) is 0 Å². The largest absolute Gasteiger partial charge is 0.309 e. The fourth-order valence-corrected chi connectivity index (χ4v) is 10.9. The lowest BCUT2D eigenvalue weighted by Gasteiger charge is -2.22. The van der Waals surface area contributed by atoms with E-state index in [9.17, 15) is 0 Å². The van der Waals surface area contributed by atoms with E-state index in [2.05, 4.69) is 254 Å². The quantitative estimate of drug-likeness (QED) is 0.158. The molecule has 13 rings (SSSR count). The Balaban J connectivity index is 1.04. The number of aromatic nitrogens is 2. The highest BCUT2D eigenvalue weighted by Crippen LogP contribution is 2.50. The van der Waals surface area contributed by atoms with Crippen molar-refractivity contribution < 1.29 is 0 Å². The van der Waals surface area contributed by atoms with Crippen LogP contribution < -0.4 is 0 Å². The Hall–Kier alpha value is -8.20. The van der Waals surface area contributed by atoms with Gasteiger partial charge in [0.15, 0.2) is 0 Å². The molecule has 0 saturated carbocycles. The predicted octanol–water partition coefficient (Wildman–Crippen LogP) is 16.9. The lowest BCUT2D eigenvalue weighted by molar-refractivity contribution is 0.660. The summed E-state index contributed by atoms with van der Waals surface area (Å²) >= 11 is 0. The summed E-state index contributed by atoms with van der Waals surface area (Å²) in [6.07, 6.45) is 0. The van der Waals surface area contributed by atoms with Crippen LogP contribution in [0, 0.1) is 0 Å². The minimum Gasteiger partial charge on any atom is -0.309 e. The molecule has 2 aromatic heterocycles. The van der Waals surface area contributed by atoms with E-state index in [4.69, 9.17) is 0 Å². The van der Waals surface area contributed by atoms with Crippen LogP contribution in [0.2, 0.25) is 0 Å². The molecule has 2 heterocycles. The second-order valence-electron chi connectivity index (χ2n) is 18.2. The molecule has 0 radical (unpaired) electrons. The van der Waals surface area contributed by atoms with Gasteiger partial charge in [0.05, 0.1) is 22.1 Å². The van der Waals surface area contributed by atoms with Crippen molar-refractivity contribution in [2.24, 2.45) is 0 Å². The van der Waals surface area contributed by atoms with Crippen LogP contribution in [-0.4, -0.2) is 9.13 Å². The zero-order valence-corrected chi connectivity index (χ0v) is 36.3. The van der Waals surface area contributed by atoms with E-state index in [1.54, 1.807) is 0 Å². The van der Waals surface area contributed by atoms with Crippen LogP contribution in [0.4, 0.5) is 0 Å². The van der Waals surface area contributed by atoms with Crippen LogP contribution in [0.15, 0.2) is 231 Å². The van der Waals surface area contributed by atoms with Gasteiger partial charge in [-0.1, -0.05) is 172 Å². The molecule has 0 unspecified atom stereocenters. The SMILES string of the molecule is CC1(C)c2ccccc2-c2ccc(-c3ccc4c(c3)c3cc(-c5ccc6c7ccccc7n(-c7ccccc7)c6c5)ccc3n4-c3cc(-c4ccccc4)cc(-c4ccccc4)c3)cc21. The van der Waals surface area contributed by atoms with Crippen molar-refractivity contribution in [1.82, 2.24) is 9.13 Å². The molecular formula is C63H44N2. The summed E-state index contributed by atoms with van der Waals surface area (Å²) in [6, 6.07) is 85.3. The summed E-state index contributed by atoms with van der Waals surface area (Å²) in [5, 5.41) is 4.97. The first-order valence-corrected chi connectivity index (χ1v) is 22.7. The molecule has 0 amide bonds. The van der Waals surface area contributed by atoms with Gasteiger partial charge >= 0.3 is 0 Å². The van der Waals surface area contributed by atoms with Crippen molar-refractivity contribution in [1.29, 1.82) is 0 Å². The van der Waals surface area contributed by atoms with Crippen LogP contribution in [-0.2, 0) is 5.41 Å². The Morgan fingerprint density at radius 3 is 1.42 bits per heavy atom. The summed E-state index contributed by atoms with van der Waals surface area (Å²) in [4.78, 5) is 0. The molecule has 306 valence electrons. The Labute approximate surface area is 378 Å². The molecule has 0 saturated heterocycles.